The number of methoxy groups -OCH3 is 1. The number of hydrogen-bond donors (Lipinski definition) is 1. The molecule has 4 rings (SSSR count). The average molecular weight is 338 g/mol. The summed E-state index contributed by atoms with van der Waals surface area (Å²) in [5, 5.41) is 5.20. The first-order valence-corrected chi connectivity index (χ1v) is 10.1. The lowest BCUT2D eigenvalue weighted by Crippen LogP contribution is -2.24. The first kappa shape index (κ1) is 16.7. The summed E-state index contributed by atoms with van der Waals surface area (Å²) in [7, 11) is 1.78. The van der Waals surface area contributed by atoms with Crippen LogP contribution < -0.4 is 10.1 Å². The van der Waals surface area contributed by atoms with E-state index in [1.807, 2.05) is 0 Å². The largest absolute Gasteiger partial charge is 0.496 e. The summed E-state index contributed by atoms with van der Waals surface area (Å²) in [6.45, 7) is 2.18. The summed E-state index contributed by atoms with van der Waals surface area (Å²) in [5.74, 6) is 0.999. The Hall–Kier alpha value is -1.77. The van der Waals surface area contributed by atoms with Gasteiger partial charge in [-0.1, -0.05) is 26.2 Å². The van der Waals surface area contributed by atoms with Gasteiger partial charge in [0.05, 0.1) is 12.6 Å². The number of aromatic nitrogens is 1. The van der Waals surface area contributed by atoms with Gasteiger partial charge in [-0.2, -0.15) is 0 Å². The molecule has 134 valence electrons. The van der Waals surface area contributed by atoms with Crippen LogP contribution in [-0.4, -0.2) is 18.1 Å². The van der Waals surface area contributed by atoms with Gasteiger partial charge >= 0.3 is 0 Å². The van der Waals surface area contributed by atoms with Crippen molar-refractivity contribution >= 4 is 16.6 Å². The zero-order chi connectivity index (χ0) is 17.2. The summed E-state index contributed by atoms with van der Waals surface area (Å²) in [5.41, 5.74) is 6.53. The Morgan fingerprint density at radius 1 is 1.08 bits per heavy atom. The van der Waals surface area contributed by atoms with E-state index in [1.54, 1.807) is 7.11 Å². The fourth-order valence-electron chi connectivity index (χ4n) is 4.58. The number of aryl methyl sites for hydroxylation is 2. The number of anilines is 1. The topological polar surface area (TPSA) is 34.2 Å². The van der Waals surface area contributed by atoms with Crippen LogP contribution in [0.25, 0.3) is 10.9 Å². The number of ether oxygens (including phenoxy) is 1. The molecular formula is C22H30N2O. The molecule has 0 amide bonds. The third kappa shape index (κ3) is 3.21. The van der Waals surface area contributed by atoms with Gasteiger partial charge in [0.1, 0.15) is 5.75 Å². The molecule has 0 atom stereocenters. The lowest BCUT2D eigenvalue weighted by atomic mass is 9.90. The maximum absolute atomic E-state index is 5.68. The number of nitrogens with one attached hydrogen (secondary N) is 1. The highest BCUT2D eigenvalue weighted by Crippen LogP contribution is 2.38. The second kappa shape index (κ2) is 7.23. The number of rotatable bonds is 4. The minimum absolute atomic E-state index is 0.613. The van der Waals surface area contributed by atoms with Gasteiger partial charge in [-0.15, -0.1) is 0 Å². The highest BCUT2D eigenvalue weighted by molar-refractivity contribution is 5.95. The Bertz CT molecular complexity index is 757. The van der Waals surface area contributed by atoms with Crippen molar-refractivity contribution in [3.63, 3.8) is 0 Å². The minimum atomic E-state index is 0.613. The standard InChI is InChI=1S/C22H30N2O/c1-3-15-13-20-18(14-21(15)25-2)22(23-16-9-5-4-6-10-16)17-11-7-8-12-19(17)24-20/h13-14,16H,3-12H2,1-2H3,(H,23,24). The quantitative estimate of drug-likeness (QED) is 0.807. The van der Waals surface area contributed by atoms with Gasteiger partial charge in [0.2, 0.25) is 0 Å². The van der Waals surface area contributed by atoms with Crippen LogP contribution in [0.3, 0.4) is 0 Å². The van der Waals surface area contributed by atoms with Gasteiger partial charge in [-0.05, 0) is 68.2 Å². The van der Waals surface area contributed by atoms with E-state index in [2.05, 4.69) is 24.4 Å². The predicted molar refractivity (Wildman–Crippen MR) is 105 cm³/mol. The molecule has 1 aromatic heterocycles. The fourth-order valence-corrected chi connectivity index (χ4v) is 4.58. The second-order valence-electron chi connectivity index (χ2n) is 7.63. The number of hydrogen-bond acceptors (Lipinski definition) is 3. The Balaban J connectivity index is 1.86. The van der Waals surface area contributed by atoms with E-state index in [0.29, 0.717) is 6.04 Å². The maximum Gasteiger partial charge on any atom is 0.122 e. The molecule has 3 nitrogen and oxygen atoms in total. The van der Waals surface area contributed by atoms with Crippen LogP contribution in [0, 0.1) is 0 Å². The first-order chi connectivity index (χ1) is 12.3. The summed E-state index contributed by atoms with van der Waals surface area (Å²) in [4.78, 5) is 5.06. The molecule has 1 N–H and O–H groups in total. The van der Waals surface area contributed by atoms with Crippen molar-refractivity contribution < 1.29 is 4.74 Å². The molecule has 0 radical (unpaired) electrons. The lowest BCUT2D eigenvalue weighted by Gasteiger charge is -2.28. The molecule has 1 heterocycles. The molecule has 1 fully saturated rings. The summed E-state index contributed by atoms with van der Waals surface area (Å²) >= 11 is 0. The molecule has 0 bridgehead atoms. The molecule has 0 spiro atoms. The number of fused-ring (bicyclic) bond motifs is 2. The SMILES string of the molecule is CCc1cc2nc3c(c(NC4CCCCC4)c2cc1OC)CCCC3. The normalized spacial score (nSPS) is 18.2. The van der Waals surface area contributed by atoms with Crippen molar-refractivity contribution in [2.45, 2.75) is 77.2 Å². The van der Waals surface area contributed by atoms with E-state index in [-0.39, 0.29) is 0 Å². The number of nitrogens with zero attached hydrogens (tertiary/aromatic N) is 1. The van der Waals surface area contributed by atoms with Crippen LogP contribution in [0.2, 0.25) is 0 Å². The summed E-state index contributed by atoms with van der Waals surface area (Å²) in [6.07, 6.45) is 12.5. The van der Waals surface area contributed by atoms with E-state index in [1.165, 1.54) is 72.8 Å². The third-order valence-corrected chi connectivity index (χ3v) is 6.00. The second-order valence-corrected chi connectivity index (χ2v) is 7.63. The zero-order valence-electron chi connectivity index (χ0n) is 15.7. The molecule has 0 aliphatic heterocycles. The molecule has 0 unspecified atom stereocenters. The molecule has 3 heteroatoms. The molecule has 1 aromatic carbocycles. The van der Waals surface area contributed by atoms with Crippen molar-refractivity contribution in [3.8, 4) is 5.75 Å². The van der Waals surface area contributed by atoms with Gasteiger partial charge < -0.3 is 10.1 Å². The van der Waals surface area contributed by atoms with E-state index in [4.69, 9.17) is 9.72 Å². The molecule has 2 aliphatic carbocycles. The van der Waals surface area contributed by atoms with Gasteiger partial charge in [0.25, 0.3) is 0 Å². The molecule has 25 heavy (non-hydrogen) atoms. The molecule has 1 saturated carbocycles. The van der Waals surface area contributed by atoms with Crippen molar-refractivity contribution in [2.24, 2.45) is 0 Å². The molecule has 2 aliphatic rings. The van der Waals surface area contributed by atoms with E-state index in [9.17, 15) is 0 Å². The van der Waals surface area contributed by atoms with Crippen molar-refractivity contribution in [2.75, 3.05) is 12.4 Å². The van der Waals surface area contributed by atoms with Crippen molar-refractivity contribution in [3.05, 3.63) is 29.0 Å². The first-order valence-electron chi connectivity index (χ1n) is 10.1. The summed E-state index contributed by atoms with van der Waals surface area (Å²) < 4.78 is 5.68. The van der Waals surface area contributed by atoms with Crippen LogP contribution in [0.5, 0.6) is 5.75 Å². The van der Waals surface area contributed by atoms with Crippen molar-refractivity contribution in [1.29, 1.82) is 0 Å². The highest BCUT2D eigenvalue weighted by Gasteiger charge is 2.22. The van der Waals surface area contributed by atoms with Crippen LogP contribution in [0.1, 0.15) is 68.7 Å². The summed E-state index contributed by atoms with van der Waals surface area (Å²) in [6, 6.07) is 5.08. The Labute approximate surface area is 151 Å². The molecular weight excluding hydrogens is 308 g/mol. The fraction of sp³-hybridized carbons (Fsp3) is 0.591. The average Bonchev–Trinajstić information content (AvgIpc) is 2.67. The Morgan fingerprint density at radius 2 is 1.88 bits per heavy atom. The van der Waals surface area contributed by atoms with E-state index < -0.39 is 0 Å². The van der Waals surface area contributed by atoms with Crippen LogP contribution >= 0.6 is 0 Å². The third-order valence-electron chi connectivity index (χ3n) is 6.00. The predicted octanol–water partition coefficient (Wildman–Crippen LogP) is 5.43. The lowest BCUT2D eigenvalue weighted by molar-refractivity contribution is 0.411. The Morgan fingerprint density at radius 3 is 2.64 bits per heavy atom. The van der Waals surface area contributed by atoms with Gasteiger partial charge in [-0.25, -0.2) is 0 Å². The van der Waals surface area contributed by atoms with Gasteiger partial charge in [0.15, 0.2) is 0 Å². The molecule has 0 saturated heterocycles. The Kier molecular flexibility index (Phi) is 4.82. The highest BCUT2D eigenvalue weighted by atomic mass is 16.5. The number of pyridine rings is 1. The maximum atomic E-state index is 5.68. The zero-order valence-corrected chi connectivity index (χ0v) is 15.7. The van der Waals surface area contributed by atoms with Crippen LogP contribution in [0.4, 0.5) is 5.69 Å². The monoisotopic (exact) mass is 338 g/mol. The van der Waals surface area contributed by atoms with Gasteiger partial charge in [-0.3, -0.25) is 4.98 Å². The molecule has 2 aromatic rings. The van der Waals surface area contributed by atoms with E-state index in [0.717, 1.165) is 30.5 Å². The van der Waals surface area contributed by atoms with Crippen molar-refractivity contribution in [1.82, 2.24) is 4.98 Å². The minimum Gasteiger partial charge on any atom is -0.496 e. The van der Waals surface area contributed by atoms with Gasteiger partial charge in [0, 0.05) is 22.8 Å². The van der Waals surface area contributed by atoms with Crippen LogP contribution in [-0.2, 0) is 19.3 Å². The smallest absolute Gasteiger partial charge is 0.122 e. The van der Waals surface area contributed by atoms with E-state index >= 15 is 0 Å². The van der Waals surface area contributed by atoms with Crippen LogP contribution in [0.15, 0.2) is 12.1 Å². The number of benzene rings is 1.